The summed E-state index contributed by atoms with van der Waals surface area (Å²) in [6, 6.07) is 5.54. The van der Waals surface area contributed by atoms with Crippen molar-refractivity contribution in [1.29, 1.82) is 0 Å². The highest BCUT2D eigenvalue weighted by atomic mass is 16.1. The SMILES string of the molecule is CCC[C@@H](C)NC(=O)c1ccccn1. The predicted octanol–water partition coefficient (Wildman–Crippen LogP) is 2.00. The minimum atomic E-state index is -0.0912. The molecule has 1 aromatic heterocycles. The molecule has 0 aromatic carbocycles. The average Bonchev–Trinajstić information content (AvgIpc) is 2.19. The van der Waals surface area contributed by atoms with Gasteiger partial charge in [0.15, 0.2) is 0 Å². The second-order valence-corrected chi connectivity index (χ2v) is 3.38. The molecule has 3 heteroatoms. The third-order valence-electron chi connectivity index (χ3n) is 2.00. The van der Waals surface area contributed by atoms with E-state index in [0.717, 1.165) is 12.8 Å². The van der Waals surface area contributed by atoms with Gasteiger partial charge in [0.25, 0.3) is 5.91 Å². The number of nitrogens with zero attached hydrogens (tertiary/aromatic N) is 1. The van der Waals surface area contributed by atoms with Crippen molar-refractivity contribution in [3.8, 4) is 0 Å². The molecule has 3 nitrogen and oxygen atoms in total. The molecule has 1 N–H and O–H groups in total. The standard InChI is InChI=1S/C11H16N2O/c1-3-6-9(2)13-11(14)10-7-4-5-8-12-10/h4-5,7-9H,3,6H2,1-2H3,(H,13,14)/t9-/m1/s1. The van der Waals surface area contributed by atoms with E-state index < -0.39 is 0 Å². The third kappa shape index (κ3) is 3.17. The molecule has 0 unspecified atom stereocenters. The first-order chi connectivity index (χ1) is 6.74. The number of amides is 1. The second-order valence-electron chi connectivity index (χ2n) is 3.38. The van der Waals surface area contributed by atoms with Crippen molar-refractivity contribution in [2.75, 3.05) is 0 Å². The van der Waals surface area contributed by atoms with Crippen molar-refractivity contribution in [3.63, 3.8) is 0 Å². The molecule has 76 valence electrons. The Bertz CT molecular complexity index is 285. The molecule has 0 saturated heterocycles. The lowest BCUT2D eigenvalue weighted by Crippen LogP contribution is -2.32. The number of pyridine rings is 1. The van der Waals surface area contributed by atoms with Crippen LogP contribution in [-0.4, -0.2) is 16.9 Å². The van der Waals surface area contributed by atoms with Crippen LogP contribution in [0.4, 0.5) is 0 Å². The maximum absolute atomic E-state index is 11.6. The van der Waals surface area contributed by atoms with Crippen molar-refractivity contribution in [3.05, 3.63) is 30.1 Å². The Morgan fingerprint density at radius 2 is 2.36 bits per heavy atom. The first-order valence-electron chi connectivity index (χ1n) is 4.96. The second kappa shape index (κ2) is 5.37. The van der Waals surface area contributed by atoms with E-state index in [-0.39, 0.29) is 11.9 Å². The Balaban J connectivity index is 2.51. The summed E-state index contributed by atoms with van der Waals surface area (Å²) in [5.41, 5.74) is 0.482. The third-order valence-corrected chi connectivity index (χ3v) is 2.00. The topological polar surface area (TPSA) is 42.0 Å². The van der Waals surface area contributed by atoms with Gasteiger partial charge in [-0.1, -0.05) is 19.4 Å². The van der Waals surface area contributed by atoms with Crippen molar-refractivity contribution < 1.29 is 4.79 Å². The summed E-state index contributed by atoms with van der Waals surface area (Å²) in [6.45, 7) is 4.10. The summed E-state index contributed by atoms with van der Waals surface area (Å²) in [4.78, 5) is 15.5. The predicted molar refractivity (Wildman–Crippen MR) is 56.1 cm³/mol. The van der Waals surface area contributed by atoms with E-state index in [2.05, 4.69) is 17.2 Å². The molecule has 1 atom stereocenters. The molecule has 0 aliphatic rings. The van der Waals surface area contributed by atoms with Crippen molar-refractivity contribution >= 4 is 5.91 Å². The van der Waals surface area contributed by atoms with Gasteiger partial charge in [-0.3, -0.25) is 9.78 Å². The van der Waals surface area contributed by atoms with Gasteiger partial charge in [0, 0.05) is 12.2 Å². The van der Waals surface area contributed by atoms with Crippen LogP contribution in [0.5, 0.6) is 0 Å². The molecule has 1 heterocycles. The molecular formula is C11H16N2O. The van der Waals surface area contributed by atoms with Crippen LogP contribution in [0.25, 0.3) is 0 Å². The van der Waals surface area contributed by atoms with E-state index in [0.29, 0.717) is 5.69 Å². The summed E-state index contributed by atoms with van der Waals surface area (Å²) < 4.78 is 0. The van der Waals surface area contributed by atoms with Gasteiger partial charge in [-0.25, -0.2) is 0 Å². The van der Waals surface area contributed by atoms with Gasteiger partial charge < -0.3 is 5.32 Å². The van der Waals surface area contributed by atoms with Crippen molar-refractivity contribution in [2.24, 2.45) is 0 Å². The number of aromatic nitrogens is 1. The normalized spacial score (nSPS) is 12.1. The van der Waals surface area contributed by atoms with E-state index in [1.54, 1.807) is 18.3 Å². The van der Waals surface area contributed by atoms with Gasteiger partial charge >= 0.3 is 0 Å². The smallest absolute Gasteiger partial charge is 0.270 e. The van der Waals surface area contributed by atoms with E-state index in [9.17, 15) is 4.79 Å². The molecule has 0 bridgehead atoms. The van der Waals surface area contributed by atoms with E-state index >= 15 is 0 Å². The van der Waals surface area contributed by atoms with Crippen LogP contribution in [-0.2, 0) is 0 Å². The summed E-state index contributed by atoms with van der Waals surface area (Å²) in [7, 11) is 0. The Labute approximate surface area is 84.6 Å². The lowest BCUT2D eigenvalue weighted by atomic mass is 10.2. The highest BCUT2D eigenvalue weighted by Gasteiger charge is 2.08. The summed E-state index contributed by atoms with van der Waals surface area (Å²) in [5.74, 6) is -0.0912. The van der Waals surface area contributed by atoms with Crippen molar-refractivity contribution in [1.82, 2.24) is 10.3 Å². The average molecular weight is 192 g/mol. The highest BCUT2D eigenvalue weighted by Crippen LogP contribution is 1.98. The molecule has 0 spiro atoms. The number of hydrogen-bond donors (Lipinski definition) is 1. The minimum absolute atomic E-state index is 0.0912. The Kier molecular flexibility index (Phi) is 4.11. The maximum Gasteiger partial charge on any atom is 0.270 e. The largest absolute Gasteiger partial charge is 0.348 e. The molecule has 1 rings (SSSR count). The maximum atomic E-state index is 11.6. The first-order valence-corrected chi connectivity index (χ1v) is 4.96. The fourth-order valence-corrected chi connectivity index (χ4v) is 1.30. The Morgan fingerprint density at radius 1 is 1.57 bits per heavy atom. The van der Waals surface area contributed by atoms with Crippen LogP contribution in [0.2, 0.25) is 0 Å². The lowest BCUT2D eigenvalue weighted by molar-refractivity contribution is 0.0933. The number of rotatable bonds is 4. The van der Waals surface area contributed by atoms with Crippen LogP contribution in [0.15, 0.2) is 24.4 Å². The zero-order chi connectivity index (χ0) is 10.4. The monoisotopic (exact) mass is 192 g/mol. The van der Waals surface area contributed by atoms with Gasteiger partial charge in [0.1, 0.15) is 5.69 Å². The lowest BCUT2D eigenvalue weighted by Gasteiger charge is -2.11. The van der Waals surface area contributed by atoms with Crippen LogP contribution in [0.3, 0.4) is 0 Å². The number of hydrogen-bond acceptors (Lipinski definition) is 2. The van der Waals surface area contributed by atoms with Crippen LogP contribution in [0.1, 0.15) is 37.2 Å². The van der Waals surface area contributed by atoms with E-state index in [1.807, 2.05) is 13.0 Å². The molecule has 0 aliphatic carbocycles. The van der Waals surface area contributed by atoms with Gasteiger partial charge in [0.05, 0.1) is 0 Å². The van der Waals surface area contributed by atoms with Crippen molar-refractivity contribution in [2.45, 2.75) is 32.7 Å². The number of nitrogens with one attached hydrogen (secondary N) is 1. The molecule has 1 amide bonds. The van der Waals surface area contributed by atoms with Gasteiger partial charge in [0.2, 0.25) is 0 Å². The zero-order valence-corrected chi connectivity index (χ0v) is 8.66. The number of carbonyl (C=O) groups is 1. The molecule has 0 radical (unpaired) electrons. The molecule has 0 aliphatic heterocycles. The Morgan fingerprint density at radius 3 is 2.93 bits per heavy atom. The fourth-order valence-electron chi connectivity index (χ4n) is 1.30. The van der Waals surface area contributed by atoms with Crippen LogP contribution >= 0.6 is 0 Å². The fraction of sp³-hybridized carbons (Fsp3) is 0.455. The van der Waals surface area contributed by atoms with Crippen LogP contribution < -0.4 is 5.32 Å². The zero-order valence-electron chi connectivity index (χ0n) is 8.66. The summed E-state index contributed by atoms with van der Waals surface area (Å²) >= 11 is 0. The van der Waals surface area contributed by atoms with Gasteiger partial charge in [-0.15, -0.1) is 0 Å². The minimum Gasteiger partial charge on any atom is -0.348 e. The number of carbonyl (C=O) groups excluding carboxylic acids is 1. The highest BCUT2D eigenvalue weighted by molar-refractivity contribution is 5.92. The summed E-state index contributed by atoms with van der Waals surface area (Å²) in [6.07, 6.45) is 3.70. The molecule has 1 aromatic rings. The molecule has 14 heavy (non-hydrogen) atoms. The van der Waals surface area contributed by atoms with Crippen LogP contribution in [0, 0.1) is 0 Å². The molecule has 0 fully saturated rings. The van der Waals surface area contributed by atoms with E-state index in [1.165, 1.54) is 0 Å². The first kappa shape index (κ1) is 10.7. The van der Waals surface area contributed by atoms with E-state index in [4.69, 9.17) is 0 Å². The van der Waals surface area contributed by atoms with Gasteiger partial charge in [-0.2, -0.15) is 0 Å². The quantitative estimate of drug-likeness (QED) is 0.792. The molecular weight excluding hydrogens is 176 g/mol. The molecule has 0 saturated carbocycles. The summed E-state index contributed by atoms with van der Waals surface area (Å²) in [5, 5.41) is 2.90. The Hall–Kier alpha value is -1.38. The van der Waals surface area contributed by atoms with Gasteiger partial charge in [-0.05, 0) is 25.5 Å².